The zero-order valence-electron chi connectivity index (χ0n) is 20.4. The SMILES string of the molecule is CCOC(=O)c1ccc(N2C(=O)CC(N(C(=O)CC(C)(C)C)C(C)c3ccccc3)C2=O)cc1. The Kier molecular flexibility index (Phi) is 7.54. The van der Waals surface area contributed by atoms with Crippen LogP contribution in [0.1, 0.15) is 69.4 Å². The molecule has 1 fully saturated rings. The van der Waals surface area contributed by atoms with E-state index in [1.54, 1.807) is 24.0 Å². The number of imide groups is 1. The number of hydrogen-bond donors (Lipinski definition) is 0. The second-order valence-electron chi connectivity index (χ2n) is 9.68. The summed E-state index contributed by atoms with van der Waals surface area (Å²) in [5.74, 6) is -1.47. The van der Waals surface area contributed by atoms with Gasteiger partial charge in [-0.25, -0.2) is 9.69 Å². The van der Waals surface area contributed by atoms with Gasteiger partial charge in [0.05, 0.1) is 30.3 Å². The molecule has 3 rings (SSSR count). The first-order valence-electron chi connectivity index (χ1n) is 11.5. The van der Waals surface area contributed by atoms with E-state index < -0.39 is 17.9 Å². The number of esters is 1. The minimum absolute atomic E-state index is 0.0917. The van der Waals surface area contributed by atoms with Gasteiger partial charge in [-0.2, -0.15) is 0 Å². The highest BCUT2D eigenvalue weighted by Crippen LogP contribution is 2.33. The molecular formula is C27H32N2O5. The van der Waals surface area contributed by atoms with Crippen molar-refractivity contribution in [3.63, 3.8) is 0 Å². The van der Waals surface area contributed by atoms with Crippen LogP contribution in [0.25, 0.3) is 0 Å². The van der Waals surface area contributed by atoms with Gasteiger partial charge in [-0.3, -0.25) is 14.4 Å². The molecule has 2 atom stereocenters. The molecule has 2 aromatic rings. The van der Waals surface area contributed by atoms with E-state index in [1.807, 2.05) is 58.0 Å². The number of anilines is 1. The summed E-state index contributed by atoms with van der Waals surface area (Å²) in [5.41, 5.74) is 1.31. The quantitative estimate of drug-likeness (QED) is 0.444. The molecule has 1 heterocycles. The maximum atomic E-state index is 13.5. The lowest BCUT2D eigenvalue weighted by atomic mass is 9.90. The van der Waals surface area contributed by atoms with E-state index in [9.17, 15) is 19.2 Å². The molecule has 2 unspecified atom stereocenters. The summed E-state index contributed by atoms with van der Waals surface area (Å²) in [6.45, 7) is 9.75. The Hall–Kier alpha value is -3.48. The average Bonchev–Trinajstić information content (AvgIpc) is 3.07. The summed E-state index contributed by atoms with van der Waals surface area (Å²) in [7, 11) is 0. The van der Waals surface area contributed by atoms with Crippen LogP contribution in [-0.4, -0.2) is 41.2 Å². The van der Waals surface area contributed by atoms with Gasteiger partial charge in [0, 0.05) is 6.42 Å². The number of ether oxygens (including phenoxy) is 1. The monoisotopic (exact) mass is 464 g/mol. The van der Waals surface area contributed by atoms with E-state index in [2.05, 4.69) is 0 Å². The fourth-order valence-corrected chi connectivity index (χ4v) is 4.16. The van der Waals surface area contributed by atoms with Gasteiger partial charge in [0.25, 0.3) is 5.91 Å². The fourth-order valence-electron chi connectivity index (χ4n) is 4.16. The van der Waals surface area contributed by atoms with Crippen molar-refractivity contribution in [3.05, 3.63) is 65.7 Å². The van der Waals surface area contributed by atoms with Crippen LogP contribution in [0.4, 0.5) is 5.69 Å². The van der Waals surface area contributed by atoms with E-state index in [1.165, 1.54) is 12.1 Å². The zero-order chi connectivity index (χ0) is 25.0. The van der Waals surface area contributed by atoms with Crippen molar-refractivity contribution < 1.29 is 23.9 Å². The van der Waals surface area contributed by atoms with Crippen LogP contribution < -0.4 is 4.90 Å². The number of rotatable bonds is 7. The highest BCUT2D eigenvalue weighted by atomic mass is 16.5. The Morgan fingerprint density at radius 2 is 1.68 bits per heavy atom. The van der Waals surface area contributed by atoms with Crippen molar-refractivity contribution in [2.75, 3.05) is 11.5 Å². The van der Waals surface area contributed by atoms with Crippen molar-refractivity contribution in [3.8, 4) is 0 Å². The zero-order valence-corrected chi connectivity index (χ0v) is 20.4. The molecule has 1 saturated heterocycles. The Bertz CT molecular complexity index is 1060. The van der Waals surface area contributed by atoms with Gasteiger partial charge in [0.15, 0.2) is 0 Å². The molecule has 34 heavy (non-hydrogen) atoms. The summed E-state index contributed by atoms with van der Waals surface area (Å²) < 4.78 is 4.99. The Morgan fingerprint density at radius 1 is 1.06 bits per heavy atom. The third-order valence-electron chi connectivity index (χ3n) is 5.76. The molecule has 7 heteroatoms. The topological polar surface area (TPSA) is 84.0 Å². The maximum Gasteiger partial charge on any atom is 0.338 e. The lowest BCUT2D eigenvalue weighted by molar-refractivity contribution is -0.142. The Labute approximate surface area is 200 Å². The number of hydrogen-bond acceptors (Lipinski definition) is 5. The van der Waals surface area contributed by atoms with E-state index in [-0.39, 0.29) is 42.7 Å². The number of carbonyl (C=O) groups excluding carboxylic acids is 4. The number of amides is 3. The first-order chi connectivity index (χ1) is 16.0. The molecule has 1 aliphatic rings. The predicted molar refractivity (Wildman–Crippen MR) is 129 cm³/mol. The van der Waals surface area contributed by atoms with Crippen molar-refractivity contribution in [2.24, 2.45) is 5.41 Å². The summed E-state index contributed by atoms with van der Waals surface area (Å²) >= 11 is 0. The number of carbonyl (C=O) groups is 4. The molecule has 180 valence electrons. The molecule has 0 radical (unpaired) electrons. The first kappa shape index (κ1) is 25.1. The lowest BCUT2D eigenvalue weighted by Crippen LogP contribution is -2.47. The number of benzene rings is 2. The number of nitrogens with zero attached hydrogens (tertiary/aromatic N) is 2. The minimum atomic E-state index is -0.901. The van der Waals surface area contributed by atoms with Crippen molar-refractivity contribution in [2.45, 2.75) is 59.5 Å². The van der Waals surface area contributed by atoms with Crippen molar-refractivity contribution in [1.29, 1.82) is 0 Å². The van der Waals surface area contributed by atoms with Crippen LogP contribution in [0.5, 0.6) is 0 Å². The normalized spacial score (nSPS) is 17.0. The van der Waals surface area contributed by atoms with Gasteiger partial charge in [-0.1, -0.05) is 51.1 Å². The third-order valence-corrected chi connectivity index (χ3v) is 5.76. The van der Waals surface area contributed by atoms with Crippen molar-refractivity contribution in [1.82, 2.24) is 4.90 Å². The van der Waals surface area contributed by atoms with Crippen LogP contribution in [0, 0.1) is 5.41 Å². The summed E-state index contributed by atoms with van der Waals surface area (Å²) in [4.78, 5) is 54.5. The predicted octanol–water partition coefficient (Wildman–Crippen LogP) is 4.52. The van der Waals surface area contributed by atoms with Gasteiger partial charge in [-0.05, 0) is 49.1 Å². The van der Waals surface area contributed by atoms with Gasteiger partial charge < -0.3 is 9.64 Å². The standard InChI is InChI=1S/C27H32N2O5/c1-6-34-26(33)20-12-14-21(15-13-20)29-23(30)16-22(25(29)32)28(24(31)17-27(3,4)5)18(2)19-10-8-7-9-11-19/h7-15,18,22H,6,16-17H2,1-5H3. The summed E-state index contributed by atoms with van der Waals surface area (Å²) in [6.07, 6.45) is 0.155. The lowest BCUT2D eigenvalue weighted by Gasteiger charge is -2.35. The molecule has 0 bridgehead atoms. The molecule has 0 aromatic heterocycles. The molecule has 3 amide bonds. The maximum absolute atomic E-state index is 13.5. The van der Waals surface area contributed by atoms with Gasteiger partial charge >= 0.3 is 5.97 Å². The highest BCUT2D eigenvalue weighted by Gasteiger charge is 2.46. The van der Waals surface area contributed by atoms with E-state index >= 15 is 0 Å². The largest absolute Gasteiger partial charge is 0.462 e. The molecule has 2 aromatic carbocycles. The molecule has 0 spiro atoms. The second-order valence-corrected chi connectivity index (χ2v) is 9.68. The van der Waals surface area contributed by atoms with Gasteiger partial charge in [0.1, 0.15) is 6.04 Å². The molecule has 0 N–H and O–H groups in total. The minimum Gasteiger partial charge on any atom is -0.462 e. The van der Waals surface area contributed by atoms with Crippen molar-refractivity contribution >= 4 is 29.4 Å². The van der Waals surface area contributed by atoms with Gasteiger partial charge in [-0.15, -0.1) is 0 Å². The summed E-state index contributed by atoms with van der Waals surface area (Å²) in [6, 6.07) is 14.3. The van der Waals surface area contributed by atoms with Crippen LogP contribution in [-0.2, 0) is 19.1 Å². The smallest absolute Gasteiger partial charge is 0.338 e. The van der Waals surface area contributed by atoms with E-state index in [4.69, 9.17) is 4.74 Å². The van der Waals surface area contributed by atoms with Crippen LogP contribution in [0.2, 0.25) is 0 Å². The second kappa shape index (κ2) is 10.2. The molecule has 0 saturated carbocycles. The molecular weight excluding hydrogens is 432 g/mol. The third kappa shape index (κ3) is 5.53. The molecule has 1 aliphatic heterocycles. The molecule has 7 nitrogen and oxygen atoms in total. The Morgan fingerprint density at radius 3 is 2.24 bits per heavy atom. The fraction of sp³-hybridized carbons (Fsp3) is 0.407. The summed E-state index contributed by atoms with van der Waals surface area (Å²) in [5, 5.41) is 0. The van der Waals surface area contributed by atoms with Crippen LogP contribution in [0.3, 0.4) is 0 Å². The Balaban J connectivity index is 1.92. The van der Waals surface area contributed by atoms with E-state index in [0.717, 1.165) is 10.5 Å². The average molecular weight is 465 g/mol. The van der Waals surface area contributed by atoms with Crippen LogP contribution in [0.15, 0.2) is 54.6 Å². The molecule has 0 aliphatic carbocycles. The highest BCUT2D eigenvalue weighted by molar-refractivity contribution is 6.23. The first-order valence-corrected chi connectivity index (χ1v) is 11.5. The van der Waals surface area contributed by atoms with Gasteiger partial charge in [0.2, 0.25) is 11.8 Å². The van der Waals surface area contributed by atoms with E-state index in [0.29, 0.717) is 11.3 Å². The van der Waals surface area contributed by atoms with Crippen LogP contribution >= 0.6 is 0 Å².